The van der Waals surface area contributed by atoms with E-state index in [0.717, 1.165) is 6.92 Å². The molecule has 5 N–H and O–H groups in total. The van der Waals surface area contributed by atoms with Crippen LogP contribution >= 0.6 is 0 Å². The average Bonchev–Trinajstić information content (AvgIpc) is 2.20. The fourth-order valence-electron chi connectivity index (χ4n) is 1.69. The molecule has 1 amide bonds. The summed E-state index contributed by atoms with van der Waals surface area (Å²) in [5, 5.41) is 38.9. The third kappa shape index (κ3) is 2.75. The molecule has 1 heterocycles. The Labute approximate surface area is 101 Å². The Morgan fingerprint density at radius 2 is 1.89 bits per heavy atom. The number of nitrogens with one attached hydrogen (secondary N) is 1. The summed E-state index contributed by atoms with van der Waals surface area (Å²) < 4.78 is 4.56. The van der Waals surface area contributed by atoms with Gasteiger partial charge in [0.05, 0.1) is 12.1 Å². The molecule has 0 saturated carbocycles. The summed E-state index contributed by atoms with van der Waals surface area (Å²) in [6.45, 7) is 1.10. The molecule has 102 valence electrons. The predicted octanol–water partition coefficient (Wildman–Crippen LogP) is -2.50. The Morgan fingerprint density at radius 3 is 2.28 bits per heavy atom. The first-order valence-electron chi connectivity index (χ1n) is 4.99. The van der Waals surface area contributed by atoms with Gasteiger partial charge in [0.2, 0.25) is 5.91 Å². The van der Waals surface area contributed by atoms with E-state index in [-0.39, 0.29) is 0 Å². The molecular formula is C9H13NO8. The maximum atomic E-state index is 10.9. The molecule has 0 aromatic carbocycles. The van der Waals surface area contributed by atoms with Crippen LogP contribution < -0.4 is 5.32 Å². The highest BCUT2D eigenvalue weighted by molar-refractivity contribution is 5.80. The van der Waals surface area contributed by atoms with Gasteiger partial charge in [0.25, 0.3) is 5.79 Å². The van der Waals surface area contributed by atoms with Crippen LogP contribution in [0, 0.1) is 0 Å². The second-order valence-corrected chi connectivity index (χ2v) is 3.96. The molecular weight excluding hydrogens is 250 g/mol. The summed E-state index contributed by atoms with van der Waals surface area (Å²) in [4.78, 5) is 32.5. The molecule has 1 aliphatic rings. The van der Waals surface area contributed by atoms with E-state index in [1.54, 1.807) is 0 Å². The number of ether oxygens (including phenoxy) is 1. The lowest BCUT2D eigenvalue weighted by Crippen LogP contribution is -2.65. The number of carboxylic acids is 2. The molecule has 1 aliphatic heterocycles. The fraction of sp³-hybridized carbons (Fsp3) is 0.667. The maximum Gasteiger partial charge on any atom is 0.364 e. The molecule has 9 heteroatoms. The van der Waals surface area contributed by atoms with Crippen LogP contribution in [0.4, 0.5) is 0 Å². The maximum absolute atomic E-state index is 10.9. The van der Waals surface area contributed by atoms with Crippen molar-refractivity contribution in [2.75, 3.05) is 0 Å². The predicted molar refractivity (Wildman–Crippen MR) is 53.3 cm³/mol. The minimum atomic E-state index is -2.79. The Morgan fingerprint density at radius 1 is 1.33 bits per heavy atom. The number of amides is 1. The van der Waals surface area contributed by atoms with Gasteiger partial charge < -0.3 is 30.5 Å². The Hall–Kier alpha value is -1.71. The summed E-state index contributed by atoms with van der Waals surface area (Å²) in [7, 11) is 0. The summed E-state index contributed by atoms with van der Waals surface area (Å²) >= 11 is 0. The molecule has 18 heavy (non-hydrogen) atoms. The molecule has 4 atom stereocenters. The molecule has 0 radical (unpaired) electrons. The van der Waals surface area contributed by atoms with E-state index in [1.165, 1.54) is 0 Å². The topological polar surface area (TPSA) is 153 Å². The number of aliphatic hydroxyl groups is 2. The molecule has 1 rings (SSSR count). The van der Waals surface area contributed by atoms with E-state index >= 15 is 0 Å². The zero-order valence-corrected chi connectivity index (χ0v) is 9.36. The van der Waals surface area contributed by atoms with Crippen molar-refractivity contribution in [2.24, 2.45) is 0 Å². The normalized spacial score (nSPS) is 35.8. The third-order valence-corrected chi connectivity index (χ3v) is 2.50. The number of carboxylic acid groups (broad SMARTS) is 2. The van der Waals surface area contributed by atoms with Crippen molar-refractivity contribution in [2.45, 2.75) is 37.4 Å². The van der Waals surface area contributed by atoms with Gasteiger partial charge in [0, 0.05) is 13.3 Å². The zero-order valence-electron chi connectivity index (χ0n) is 9.36. The number of hydrogen-bond acceptors (Lipinski definition) is 6. The van der Waals surface area contributed by atoms with Crippen LogP contribution in [0.15, 0.2) is 0 Å². The molecule has 0 aliphatic carbocycles. The minimum Gasteiger partial charge on any atom is -0.479 e. The first-order chi connectivity index (χ1) is 8.17. The summed E-state index contributed by atoms with van der Waals surface area (Å²) in [6, 6.07) is -1.33. The van der Waals surface area contributed by atoms with Gasteiger partial charge in [-0.2, -0.15) is 0 Å². The highest BCUT2D eigenvalue weighted by atomic mass is 16.7. The number of rotatable bonds is 3. The monoisotopic (exact) mass is 263 g/mol. The van der Waals surface area contributed by atoms with E-state index in [9.17, 15) is 24.6 Å². The van der Waals surface area contributed by atoms with Crippen molar-refractivity contribution in [1.29, 1.82) is 0 Å². The lowest BCUT2D eigenvalue weighted by Gasteiger charge is -2.40. The lowest BCUT2D eigenvalue weighted by molar-refractivity contribution is -0.275. The molecule has 1 saturated heterocycles. The van der Waals surface area contributed by atoms with Crippen LogP contribution in [0.25, 0.3) is 0 Å². The van der Waals surface area contributed by atoms with Crippen molar-refractivity contribution >= 4 is 17.8 Å². The molecule has 0 aromatic rings. The summed E-state index contributed by atoms with van der Waals surface area (Å²) in [6.07, 6.45) is -4.18. The van der Waals surface area contributed by atoms with Gasteiger partial charge in [0.1, 0.15) is 0 Å². The van der Waals surface area contributed by atoms with Gasteiger partial charge in [-0.15, -0.1) is 0 Å². The molecule has 0 aromatic heterocycles. The van der Waals surface area contributed by atoms with Crippen molar-refractivity contribution in [3.8, 4) is 0 Å². The Bertz CT molecular complexity index is 383. The van der Waals surface area contributed by atoms with Crippen LogP contribution in [-0.4, -0.2) is 62.3 Å². The van der Waals surface area contributed by atoms with Crippen LogP contribution in [0.2, 0.25) is 0 Å². The van der Waals surface area contributed by atoms with E-state index in [1.807, 2.05) is 0 Å². The first kappa shape index (κ1) is 14.4. The minimum absolute atomic E-state index is 0.616. The van der Waals surface area contributed by atoms with Crippen LogP contribution in [0.3, 0.4) is 0 Å². The Balaban J connectivity index is 3.00. The zero-order chi connectivity index (χ0) is 14.1. The number of carbonyl (C=O) groups excluding carboxylic acids is 1. The van der Waals surface area contributed by atoms with E-state index < -0.39 is 48.3 Å². The number of aliphatic carboxylic acids is 2. The van der Waals surface area contributed by atoms with Crippen LogP contribution in [-0.2, 0) is 19.1 Å². The first-order valence-corrected chi connectivity index (χ1v) is 4.99. The molecule has 9 nitrogen and oxygen atoms in total. The summed E-state index contributed by atoms with van der Waals surface area (Å²) in [5.41, 5.74) is 0. The molecule has 0 spiro atoms. The van der Waals surface area contributed by atoms with E-state index in [2.05, 4.69) is 10.1 Å². The SMILES string of the molecule is CC(=O)N[C@@H]1[C@@H](O)C[C@](O)(C(=O)O)O[C@H]1C(=O)O. The average molecular weight is 263 g/mol. The lowest BCUT2D eigenvalue weighted by atomic mass is 9.93. The largest absolute Gasteiger partial charge is 0.479 e. The van der Waals surface area contributed by atoms with Gasteiger partial charge in [-0.25, -0.2) is 9.59 Å². The van der Waals surface area contributed by atoms with Crippen LogP contribution in [0.1, 0.15) is 13.3 Å². The van der Waals surface area contributed by atoms with E-state index in [4.69, 9.17) is 10.2 Å². The smallest absolute Gasteiger partial charge is 0.364 e. The highest BCUT2D eigenvalue weighted by Crippen LogP contribution is 2.28. The number of aliphatic hydroxyl groups excluding tert-OH is 1. The van der Waals surface area contributed by atoms with Gasteiger partial charge in [-0.05, 0) is 0 Å². The molecule has 0 bridgehead atoms. The van der Waals surface area contributed by atoms with Gasteiger partial charge in [-0.3, -0.25) is 4.79 Å². The Kier molecular flexibility index (Phi) is 3.89. The standard InChI is InChI=1S/C9H13NO8/c1-3(11)10-5-4(12)2-9(17,8(15)16)18-6(5)7(13)14/h4-6,12,17H,2H2,1H3,(H,10,11)(H,13,14)(H,15,16)/t4-,5+,6+,9+/m0/s1. The van der Waals surface area contributed by atoms with Gasteiger partial charge in [0.15, 0.2) is 6.10 Å². The number of hydrogen-bond donors (Lipinski definition) is 5. The second-order valence-electron chi connectivity index (χ2n) is 3.96. The highest BCUT2D eigenvalue weighted by Gasteiger charge is 2.53. The quantitative estimate of drug-likeness (QED) is 0.374. The van der Waals surface area contributed by atoms with Crippen molar-refractivity contribution in [3.05, 3.63) is 0 Å². The fourth-order valence-corrected chi connectivity index (χ4v) is 1.69. The summed E-state index contributed by atoms with van der Waals surface area (Å²) in [5.74, 6) is -6.83. The van der Waals surface area contributed by atoms with Crippen molar-refractivity contribution in [1.82, 2.24) is 5.32 Å². The van der Waals surface area contributed by atoms with Gasteiger partial charge in [-0.1, -0.05) is 0 Å². The molecule has 1 fully saturated rings. The third-order valence-electron chi connectivity index (χ3n) is 2.50. The van der Waals surface area contributed by atoms with Gasteiger partial charge >= 0.3 is 11.9 Å². The van der Waals surface area contributed by atoms with E-state index in [0.29, 0.717) is 0 Å². The number of carbonyl (C=O) groups is 3. The van der Waals surface area contributed by atoms with Crippen molar-refractivity contribution in [3.63, 3.8) is 0 Å². The van der Waals surface area contributed by atoms with Crippen LogP contribution in [0.5, 0.6) is 0 Å². The molecule has 0 unspecified atom stereocenters. The van der Waals surface area contributed by atoms with Crippen molar-refractivity contribution < 1.29 is 39.5 Å². The second kappa shape index (κ2) is 4.88.